The summed E-state index contributed by atoms with van der Waals surface area (Å²) in [5, 5.41) is 1.15. The van der Waals surface area contributed by atoms with E-state index in [1.54, 1.807) is 6.08 Å². The molecular weight excluding hydrogens is 384 g/mol. The van der Waals surface area contributed by atoms with Crippen LogP contribution in [0.15, 0.2) is 47.9 Å². The molecular formula is C23H26N2O5. The lowest BCUT2D eigenvalue weighted by molar-refractivity contribution is -0.144. The van der Waals surface area contributed by atoms with Crippen molar-refractivity contribution < 1.29 is 23.8 Å². The minimum absolute atomic E-state index is 0.0991. The van der Waals surface area contributed by atoms with Crippen molar-refractivity contribution in [1.29, 1.82) is 0 Å². The van der Waals surface area contributed by atoms with Gasteiger partial charge in [-0.1, -0.05) is 18.2 Å². The Balaban J connectivity index is 1.93. The fraction of sp³-hybridized carbons (Fsp3) is 0.391. The van der Waals surface area contributed by atoms with Crippen LogP contribution in [0.1, 0.15) is 29.6 Å². The molecule has 158 valence electrons. The lowest BCUT2D eigenvalue weighted by Gasteiger charge is -2.44. The molecule has 2 heterocycles. The van der Waals surface area contributed by atoms with Gasteiger partial charge < -0.3 is 23.7 Å². The van der Waals surface area contributed by atoms with E-state index in [1.165, 1.54) is 26.9 Å². The summed E-state index contributed by atoms with van der Waals surface area (Å²) >= 11 is 0. The standard InChI is InChI=1S/C23H26N2O5/c1-24-12-13(10-18(28-3)22(26)29-4)15-11-17(24)19-14-8-6-7-9-16(14)25(2)21(19)20(15)23(27)30-5/h6-10,12,15,17,20H,11H2,1-5H3/b18-10-/t15-,17-,20+/m0/s1. The molecule has 2 aromatic rings. The van der Waals surface area contributed by atoms with E-state index in [0.717, 1.165) is 28.6 Å². The normalized spacial score (nSPS) is 23.0. The minimum atomic E-state index is -0.557. The smallest absolute Gasteiger partial charge is 0.373 e. The highest BCUT2D eigenvalue weighted by atomic mass is 16.6. The molecule has 4 rings (SSSR count). The van der Waals surface area contributed by atoms with Gasteiger partial charge in [0.15, 0.2) is 0 Å². The average Bonchev–Trinajstić information content (AvgIpc) is 3.06. The minimum Gasteiger partial charge on any atom is -0.490 e. The Labute approximate surface area is 175 Å². The highest BCUT2D eigenvalue weighted by Gasteiger charge is 2.47. The van der Waals surface area contributed by atoms with E-state index < -0.39 is 11.9 Å². The third kappa shape index (κ3) is 2.88. The van der Waals surface area contributed by atoms with Gasteiger partial charge in [0.05, 0.1) is 27.4 Å². The van der Waals surface area contributed by atoms with Crippen molar-refractivity contribution >= 4 is 22.8 Å². The number of aromatic nitrogens is 1. The molecule has 0 fully saturated rings. The summed E-state index contributed by atoms with van der Waals surface area (Å²) in [6.45, 7) is 0. The number of rotatable bonds is 4. The van der Waals surface area contributed by atoms with E-state index in [4.69, 9.17) is 14.2 Å². The van der Waals surface area contributed by atoms with Crippen LogP contribution in [0.25, 0.3) is 10.9 Å². The third-order valence-electron chi connectivity index (χ3n) is 6.33. The number of hydrogen-bond donors (Lipinski definition) is 0. The van der Waals surface area contributed by atoms with Crippen LogP contribution in [0.2, 0.25) is 0 Å². The fourth-order valence-electron chi connectivity index (χ4n) is 4.97. The SMILES string of the molecule is COC(=O)/C(=C/C1=CN(C)[C@H]2C[C@@H]1[C@@H](C(=O)OC)c1c2c2ccccc2n1C)OC. The number of benzene rings is 1. The summed E-state index contributed by atoms with van der Waals surface area (Å²) in [4.78, 5) is 27.2. The number of fused-ring (bicyclic) bond motifs is 6. The Bertz CT molecular complexity index is 1080. The van der Waals surface area contributed by atoms with Gasteiger partial charge in [0, 0.05) is 48.4 Å². The third-order valence-corrected chi connectivity index (χ3v) is 6.33. The zero-order valence-corrected chi connectivity index (χ0v) is 17.8. The molecule has 0 saturated heterocycles. The summed E-state index contributed by atoms with van der Waals surface area (Å²) in [5.41, 5.74) is 4.05. The van der Waals surface area contributed by atoms with E-state index in [2.05, 4.69) is 21.6 Å². The van der Waals surface area contributed by atoms with Crippen LogP contribution in [0.5, 0.6) is 0 Å². The summed E-state index contributed by atoms with van der Waals surface area (Å²) in [6.07, 6.45) is 4.39. The number of aryl methyl sites for hydroxylation is 1. The van der Waals surface area contributed by atoms with Gasteiger partial charge in [0.1, 0.15) is 5.92 Å². The van der Waals surface area contributed by atoms with Gasteiger partial charge in [-0.2, -0.15) is 0 Å². The maximum atomic E-state index is 13.0. The van der Waals surface area contributed by atoms with Gasteiger partial charge in [-0.05, 0) is 24.1 Å². The maximum absolute atomic E-state index is 13.0. The number of nitrogens with zero attached hydrogens (tertiary/aromatic N) is 2. The first-order valence-electron chi connectivity index (χ1n) is 9.85. The van der Waals surface area contributed by atoms with E-state index >= 15 is 0 Å². The second-order valence-corrected chi connectivity index (χ2v) is 7.73. The first kappa shape index (κ1) is 20.1. The number of hydrogen-bond acceptors (Lipinski definition) is 6. The molecule has 1 aromatic carbocycles. The van der Waals surface area contributed by atoms with Crippen molar-refractivity contribution in [2.24, 2.45) is 13.0 Å². The topological polar surface area (TPSA) is 70.0 Å². The number of esters is 2. The molecule has 0 saturated carbocycles. The Morgan fingerprint density at radius 2 is 1.80 bits per heavy atom. The van der Waals surface area contributed by atoms with E-state index in [9.17, 15) is 9.59 Å². The van der Waals surface area contributed by atoms with Crippen LogP contribution in [0, 0.1) is 5.92 Å². The number of carbonyl (C=O) groups excluding carboxylic acids is 2. The summed E-state index contributed by atoms with van der Waals surface area (Å²) in [6, 6.07) is 8.33. The van der Waals surface area contributed by atoms with Crippen molar-refractivity contribution in [2.75, 3.05) is 28.4 Å². The molecule has 0 N–H and O–H groups in total. The molecule has 30 heavy (non-hydrogen) atoms. The molecule has 1 aliphatic carbocycles. The molecule has 1 aromatic heterocycles. The molecule has 0 radical (unpaired) electrons. The second kappa shape index (κ2) is 7.55. The molecule has 7 nitrogen and oxygen atoms in total. The van der Waals surface area contributed by atoms with Crippen LogP contribution >= 0.6 is 0 Å². The van der Waals surface area contributed by atoms with Crippen LogP contribution in [0.3, 0.4) is 0 Å². The van der Waals surface area contributed by atoms with Gasteiger partial charge >= 0.3 is 11.9 Å². The summed E-state index contributed by atoms with van der Waals surface area (Å²) < 4.78 is 17.4. The Morgan fingerprint density at radius 3 is 2.47 bits per heavy atom. The van der Waals surface area contributed by atoms with Crippen LogP contribution in [-0.2, 0) is 30.8 Å². The van der Waals surface area contributed by atoms with E-state index in [-0.39, 0.29) is 23.7 Å². The Morgan fingerprint density at radius 1 is 1.07 bits per heavy atom. The van der Waals surface area contributed by atoms with Gasteiger partial charge in [-0.25, -0.2) is 4.79 Å². The molecule has 2 bridgehead atoms. The van der Waals surface area contributed by atoms with Crippen molar-refractivity contribution in [2.45, 2.75) is 18.4 Å². The van der Waals surface area contributed by atoms with Crippen molar-refractivity contribution in [3.63, 3.8) is 0 Å². The van der Waals surface area contributed by atoms with Crippen LogP contribution in [-0.4, -0.2) is 49.8 Å². The van der Waals surface area contributed by atoms with Gasteiger partial charge in [-0.3, -0.25) is 4.79 Å². The Kier molecular flexibility index (Phi) is 5.05. The molecule has 1 aliphatic heterocycles. The second-order valence-electron chi connectivity index (χ2n) is 7.73. The molecule has 2 aliphatic rings. The number of allylic oxidation sites excluding steroid dienone is 2. The quantitative estimate of drug-likeness (QED) is 0.438. The predicted molar refractivity (Wildman–Crippen MR) is 111 cm³/mol. The monoisotopic (exact) mass is 410 g/mol. The van der Waals surface area contributed by atoms with Crippen molar-refractivity contribution in [3.8, 4) is 0 Å². The first-order chi connectivity index (χ1) is 14.4. The van der Waals surface area contributed by atoms with Crippen molar-refractivity contribution in [3.05, 3.63) is 59.1 Å². The maximum Gasteiger partial charge on any atom is 0.373 e. The zero-order valence-electron chi connectivity index (χ0n) is 17.8. The number of carbonyl (C=O) groups is 2. The number of methoxy groups -OCH3 is 3. The Hall–Kier alpha value is -3.22. The molecule has 0 spiro atoms. The van der Waals surface area contributed by atoms with Crippen LogP contribution in [0.4, 0.5) is 0 Å². The molecule has 0 unspecified atom stereocenters. The van der Waals surface area contributed by atoms with E-state index in [0.29, 0.717) is 0 Å². The lowest BCUT2D eigenvalue weighted by atomic mass is 9.69. The number of ether oxygens (including phenoxy) is 3. The van der Waals surface area contributed by atoms with Gasteiger partial charge in [0.25, 0.3) is 0 Å². The fourth-order valence-corrected chi connectivity index (χ4v) is 4.97. The van der Waals surface area contributed by atoms with Gasteiger partial charge in [0.2, 0.25) is 5.76 Å². The molecule has 3 atom stereocenters. The summed E-state index contributed by atoms with van der Waals surface area (Å²) in [7, 11) is 8.17. The predicted octanol–water partition coefficient (Wildman–Crippen LogP) is 3.03. The highest BCUT2D eigenvalue weighted by molar-refractivity contribution is 5.91. The van der Waals surface area contributed by atoms with Gasteiger partial charge in [-0.15, -0.1) is 0 Å². The van der Waals surface area contributed by atoms with E-state index in [1.807, 2.05) is 32.4 Å². The lowest BCUT2D eigenvalue weighted by Crippen LogP contribution is -2.39. The first-order valence-corrected chi connectivity index (χ1v) is 9.85. The number of para-hydroxylation sites is 1. The molecule has 0 amide bonds. The molecule has 7 heteroatoms. The summed E-state index contributed by atoms with van der Waals surface area (Å²) in [5.74, 6) is -1.37. The highest BCUT2D eigenvalue weighted by Crippen LogP contribution is 2.53. The zero-order chi connectivity index (χ0) is 21.6. The van der Waals surface area contributed by atoms with Crippen molar-refractivity contribution in [1.82, 2.24) is 9.47 Å². The largest absolute Gasteiger partial charge is 0.490 e. The average molecular weight is 410 g/mol. The van der Waals surface area contributed by atoms with Crippen LogP contribution < -0.4 is 0 Å².